The highest BCUT2D eigenvalue weighted by Gasteiger charge is 2.09. The minimum absolute atomic E-state index is 0.504. The van der Waals surface area contributed by atoms with Crippen molar-refractivity contribution in [2.24, 2.45) is 5.92 Å². The molecule has 0 fully saturated rings. The van der Waals surface area contributed by atoms with Gasteiger partial charge in [0.05, 0.1) is 0 Å². The van der Waals surface area contributed by atoms with Crippen molar-refractivity contribution in [2.75, 3.05) is 0 Å². The number of hydrogen-bond donors (Lipinski definition) is 0. The van der Waals surface area contributed by atoms with E-state index < -0.39 is 0 Å². The molecule has 0 amide bonds. The molecule has 0 aromatic heterocycles. The second-order valence-corrected chi connectivity index (χ2v) is 5.41. The Bertz CT molecular complexity index is 636. The van der Waals surface area contributed by atoms with E-state index in [-0.39, 0.29) is 0 Å². The van der Waals surface area contributed by atoms with Crippen LogP contribution in [0.2, 0.25) is 0 Å². The molecule has 1 unspecified atom stereocenters. The summed E-state index contributed by atoms with van der Waals surface area (Å²) < 4.78 is 0. The molecular formula is C20H20. The van der Waals surface area contributed by atoms with Crippen LogP contribution in [0, 0.1) is 5.92 Å². The van der Waals surface area contributed by atoms with Gasteiger partial charge in [-0.15, -0.1) is 0 Å². The van der Waals surface area contributed by atoms with Gasteiger partial charge < -0.3 is 0 Å². The van der Waals surface area contributed by atoms with Gasteiger partial charge in [0.25, 0.3) is 0 Å². The first-order valence-electron chi connectivity index (χ1n) is 7.38. The van der Waals surface area contributed by atoms with Gasteiger partial charge in [-0.25, -0.2) is 0 Å². The van der Waals surface area contributed by atoms with E-state index in [1.165, 1.54) is 22.3 Å². The maximum Gasteiger partial charge on any atom is -0.00754 e. The highest BCUT2D eigenvalue weighted by molar-refractivity contribution is 5.87. The van der Waals surface area contributed by atoms with Crippen LogP contribution < -0.4 is 0 Å². The maximum atomic E-state index is 2.35. The zero-order valence-corrected chi connectivity index (χ0v) is 11.9. The first-order chi connectivity index (χ1) is 9.84. The Kier molecular flexibility index (Phi) is 3.83. The van der Waals surface area contributed by atoms with Crippen LogP contribution in [0.3, 0.4) is 0 Å². The minimum Gasteiger partial charge on any atom is -0.0836 e. The van der Waals surface area contributed by atoms with Crippen LogP contribution in [0.5, 0.6) is 0 Å². The molecule has 0 nitrogen and oxygen atoms in total. The fourth-order valence-corrected chi connectivity index (χ4v) is 2.69. The second-order valence-electron chi connectivity index (χ2n) is 5.41. The Labute approximate surface area is 121 Å². The summed E-state index contributed by atoms with van der Waals surface area (Å²) in [5.41, 5.74) is 5.30. The number of allylic oxidation sites excluding steroid dienone is 10. The average molecular weight is 260 g/mol. The third-order valence-electron chi connectivity index (χ3n) is 3.81. The van der Waals surface area contributed by atoms with Crippen molar-refractivity contribution in [1.29, 1.82) is 0 Å². The predicted molar refractivity (Wildman–Crippen MR) is 88.2 cm³/mol. The summed E-state index contributed by atoms with van der Waals surface area (Å²) in [5, 5.41) is 0. The third-order valence-corrected chi connectivity index (χ3v) is 3.81. The summed E-state index contributed by atoms with van der Waals surface area (Å²) in [6.07, 6.45) is 20.3. The molecule has 0 saturated heterocycles. The lowest BCUT2D eigenvalue weighted by Crippen LogP contribution is -1.93. The van der Waals surface area contributed by atoms with E-state index in [2.05, 4.69) is 79.8 Å². The first-order valence-corrected chi connectivity index (χ1v) is 7.38. The van der Waals surface area contributed by atoms with Crippen molar-refractivity contribution in [2.45, 2.75) is 19.8 Å². The molecule has 20 heavy (non-hydrogen) atoms. The van der Waals surface area contributed by atoms with E-state index in [0.717, 1.165) is 12.8 Å². The highest BCUT2D eigenvalue weighted by Crippen LogP contribution is 2.30. The van der Waals surface area contributed by atoms with E-state index >= 15 is 0 Å². The van der Waals surface area contributed by atoms with Gasteiger partial charge >= 0.3 is 0 Å². The fourth-order valence-electron chi connectivity index (χ4n) is 2.69. The van der Waals surface area contributed by atoms with Gasteiger partial charge in [0.15, 0.2) is 0 Å². The van der Waals surface area contributed by atoms with Crippen LogP contribution in [-0.4, -0.2) is 0 Å². The van der Waals surface area contributed by atoms with Crippen LogP contribution in [0.1, 0.15) is 30.9 Å². The molecule has 0 heteroatoms. The molecule has 3 rings (SSSR count). The van der Waals surface area contributed by atoms with Gasteiger partial charge in [0.1, 0.15) is 0 Å². The summed E-state index contributed by atoms with van der Waals surface area (Å²) >= 11 is 0. The van der Waals surface area contributed by atoms with Gasteiger partial charge in [0.2, 0.25) is 0 Å². The van der Waals surface area contributed by atoms with Crippen molar-refractivity contribution >= 4 is 11.1 Å². The van der Waals surface area contributed by atoms with Crippen molar-refractivity contribution in [3.05, 3.63) is 84.0 Å². The van der Waals surface area contributed by atoms with Crippen LogP contribution in [-0.2, 0) is 0 Å². The van der Waals surface area contributed by atoms with Crippen LogP contribution in [0.4, 0.5) is 0 Å². The van der Waals surface area contributed by atoms with E-state index in [4.69, 9.17) is 0 Å². The Hall–Kier alpha value is -2.08. The molecule has 0 heterocycles. The van der Waals surface area contributed by atoms with Crippen molar-refractivity contribution in [3.8, 4) is 0 Å². The standard InChI is InChI=1S/C20H20/c1-16-8-7-11-18(15-14-16)20-13-6-5-12-19(20)17-9-3-2-4-10-17/h3,5-16H,2,4H2,1H3. The number of rotatable bonds is 2. The molecule has 100 valence electrons. The molecule has 0 aliphatic heterocycles. The molecule has 0 N–H and O–H groups in total. The Morgan fingerprint density at radius 2 is 1.70 bits per heavy atom. The quantitative estimate of drug-likeness (QED) is 0.652. The Balaban J connectivity index is 2.04. The molecule has 1 atom stereocenters. The Morgan fingerprint density at radius 3 is 2.45 bits per heavy atom. The zero-order chi connectivity index (χ0) is 13.8. The Morgan fingerprint density at radius 1 is 0.900 bits per heavy atom. The molecule has 0 bridgehead atoms. The van der Waals surface area contributed by atoms with Crippen molar-refractivity contribution in [1.82, 2.24) is 0 Å². The monoisotopic (exact) mass is 260 g/mol. The lowest BCUT2D eigenvalue weighted by atomic mass is 9.91. The molecule has 0 spiro atoms. The van der Waals surface area contributed by atoms with Gasteiger partial charge in [-0.2, -0.15) is 0 Å². The van der Waals surface area contributed by atoms with E-state index in [1.807, 2.05) is 0 Å². The first kappa shape index (κ1) is 12.9. The molecule has 2 aliphatic carbocycles. The summed E-state index contributed by atoms with van der Waals surface area (Å²) in [7, 11) is 0. The lowest BCUT2D eigenvalue weighted by molar-refractivity contribution is 0.943. The zero-order valence-electron chi connectivity index (χ0n) is 11.9. The van der Waals surface area contributed by atoms with Gasteiger partial charge in [-0.1, -0.05) is 79.8 Å². The van der Waals surface area contributed by atoms with Gasteiger partial charge in [-0.3, -0.25) is 0 Å². The lowest BCUT2D eigenvalue weighted by Gasteiger charge is -2.13. The van der Waals surface area contributed by atoms with E-state index in [1.54, 1.807) is 0 Å². The van der Waals surface area contributed by atoms with Crippen molar-refractivity contribution < 1.29 is 0 Å². The van der Waals surface area contributed by atoms with Crippen molar-refractivity contribution in [3.63, 3.8) is 0 Å². The van der Waals surface area contributed by atoms with E-state index in [0.29, 0.717) is 5.92 Å². The normalized spacial score (nSPS) is 21.4. The number of hydrogen-bond acceptors (Lipinski definition) is 0. The molecule has 0 radical (unpaired) electrons. The smallest absolute Gasteiger partial charge is 0.00754 e. The highest BCUT2D eigenvalue weighted by atomic mass is 14.1. The maximum absolute atomic E-state index is 2.35. The molecule has 0 saturated carbocycles. The van der Waals surface area contributed by atoms with Gasteiger partial charge in [-0.05, 0) is 41.0 Å². The summed E-state index contributed by atoms with van der Waals surface area (Å²) in [6.45, 7) is 2.21. The molecule has 1 aromatic rings. The molecule has 2 aliphatic rings. The van der Waals surface area contributed by atoms with Crippen LogP contribution >= 0.6 is 0 Å². The minimum atomic E-state index is 0.504. The van der Waals surface area contributed by atoms with E-state index in [9.17, 15) is 0 Å². The van der Waals surface area contributed by atoms with Crippen LogP contribution in [0.15, 0.2) is 72.9 Å². The molecular weight excluding hydrogens is 240 g/mol. The SMILES string of the molecule is CC1C=CC=C(c2ccccc2C2=CCCC=C2)C=C1. The van der Waals surface area contributed by atoms with Crippen LogP contribution in [0.25, 0.3) is 11.1 Å². The van der Waals surface area contributed by atoms with Gasteiger partial charge in [0, 0.05) is 0 Å². The topological polar surface area (TPSA) is 0 Å². The summed E-state index contributed by atoms with van der Waals surface area (Å²) in [6, 6.07) is 8.70. The predicted octanol–water partition coefficient (Wildman–Crippen LogP) is 5.57. The second kappa shape index (κ2) is 5.92. The summed E-state index contributed by atoms with van der Waals surface area (Å²) in [5.74, 6) is 0.504. The molecule has 1 aromatic carbocycles. The fraction of sp³-hybridized carbons (Fsp3) is 0.200. The third kappa shape index (κ3) is 2.75. The average Bonchev–Trinajstić information content (AvgIpc) is 2.73. The summed E-state index contributed by atoms with van der Waals surface area (Å²) in [4.78, 5) is 0. The largest absolute Gasteiger partial charge is 0.0836 e. The number of benzene rings is 1.